The van der Waals surface area contributed by atoms with Crippen molar-refractivity contribution < 1.29 is 0 Å². The highest BCUT2D eigenvalue weighted by Crippen LogP contribution is 2.25. The maximum absolute atomic E-state index is 3.38. The Kier molecular flexibility index (Phi) is 11.4. The SMILES string of the molecule is CC.C[B]C(C)(C)CC.c1nn[nH]n1. The third-order valence-electron chi connectivity index (χ3n) is 1.96. The Morgan fingerprint density at radius 3 is 2.00 bits per heavy atom. The molecule has 1 radical (unpaired) electrons. The Hall–Kier alpha value is -0.865. The average molecular weight is 197 g/mol. The van der Waals surface area contributed by atoms with Crippen LogP contribution in [-0.4, -0.2) is 27.9 Å². The van der Waals surface area contributed by atoms with Crippen molar-refractivity contribution in [2.24, 2.45) is 0 Å². The Labute approximate surface area is 88.1 Å². The highest BCUT2D eigenvalue weighted by Gasteiger charge is 2.10. The molecule has 0 saturated carbocycles. The summed E-state index contributed by atoms with van der Waals surface area (Å²) in [7, 11) is 2.24. The second kappa shape index (κ2) is 10.2. The van der Waals surface area contributed by atoms with Crippen LogP contribution in [0.3, 0.4) is 0 Å². The molecule has 1 rings (SSSR count). The van der Waals surface area contributed by atoms with Gasteiger partial charge in [0.1, 0.15) is 7.28 Å². The fourth-order valence-corrected chi connectivity index (χ4v) is 0.333. The first-order valence-electron chi connectivity index (χ1n) is 5.09. The Morgan fingerprint density at radius 2 is 1.93 bits per heavy atom. The van der Waals surface area contributed by atoms with Gasteiger partial charge in [0.05, 0.1) is 0 Å². The molecule has 0 aliphatic rings. The van der Waals surface area contributed by atoms with E-state index in [0.29, 0.717) is 5.31 Å². The maximum Gasteiger partial charge on any atom is 0.161 e. The van der Waals surface area contributed by atoms with Gasteiger partial charge in [-0.05, 0) is 0 Å². The molecule has 81 valence electrons. The molecule has 14 heavy (non-hydrogen) atoms. The van der Waals surface area contributed by atoms with E-state index in [-0.39, 0.29) is 0 Å². The van der Waals surface area contributed by atoms with E-state index in [9.17, 15) is 0 Å². The fourth-order valence-electron chi connectivity index (χ4n) is 0.333. The summed E-state index contributed by atoms with van der Waals surface area (Å²) in [6.07, 6.45) is 2.57. The summed E-state index contributed by atoms with van der Waals surface area (Å²) in [5.74, 6) is 0. The number of nitrogens with one attached hydrogen (secondary N) is 1. The molecule has 1 aromatic rings. The van der Waals surface area contributed by atoms with Crippen molar-refractivity contribution in [2.75, 3.05) is 0 Å². The van der Waals surface area contributed by atoms with Gasteiger partial charge in [-0.2, -0.15) is 5.21 Å². The van der Waals surface area contributed by atoms with Crippen LogP contribution in [0.1, 0.15) is 41.0 Å². The molecule has 0 amide bonds. The Morgan fingerprint density at radius 1 is 1.36 bits per heavy atom. The van der Waals surface area contributed by atoms with E-state index >= 15 is 0 Å². The number of rotatable bonds is 2. The number of hydrogen-bond acceptors (Lipinski definition) is 3. The van der Waals surface area contributed by atoms with Crippen LogP contribution in [0.25, 0.3) is 0 Å². The lowest BCUT2D eigenvalue weighted by atomic mass is 9.55. The van der Waals surface area contributed by atoms with Gasteiger partial charge in [0.15, 0.2) is 6.33 Å². The summed E-state index contributed by atoms with van der Waals surface area (Å²) in [5.41, 5.74) is 0. The van der Waals surface area contributed by atoms with E-state index in [4.69, 9.17) is 0 Å². The van der Waals surface area contributed by atoms with Gasteiger partial charge >= 0.3 is 0 Å². The summed E-state index contributed by atoms with van der Waals surface area (Å²) in [6, 6.07) is 0. The molecular weight excluding hydrogens is 175 g/mol. The summed E-state index contributed by atoms with van der Waals surface area (Å²) in [4.78, 5) is 0. The molecule has 0 atom stereocenters. The Balaban J connectivity index is 0. The molecule has 0 bridgehead atoms. The highest BCUT2D eigenvalue weighted by atomic mass is 15.5. The third-order valence-corrected chi connectivity index (χ3v) is 1.96. The minimum absolute atomic E-state index is 0.458. The van der Waals surface area contributed by atoms with Crippen molar-refractivity contribution in [1.82, 2.24) is 20.6 Å². The summed E-state index contributed by atoms with van der Waals surface area (Å²) in [5, 5.41) is 12.6. The molecule has 5 heteroatoms. The smallest absolute Gasteiger partial charge is 0.161 e. The molecule has 0 aromatic carbocycles. The molecule has 0 saturated heterocycles. The van der Waals surface area contributed by atoms with Crippen LogP contribution in [0.15, 0.2) is 6.33 Å². The maximum atomic E-state index is 3.38. The number of aromatic nitrogens is 4. The van der Waals surface area contributed by atoms with Crippen molar-refractivity contribution in [3.8, 4) is 0 Å². The van der Waals surface area contributed by atoms with E-state index in [2.05, 4.69) is 55.5 Å². The van der Waals surface area contributed by atoms with Crippen LogP contribution in [0.5, 0.6) is 0 Å². The van der Waals surface area contributed by atoms with Gasteiger partial charge < -0.3 is 0 Å². The second-order valence-electron chi connectivity index (χ2n) is 3.19. The first kappa shape index (κ1) is 15.6. The van der Waals surface area contributed by atoms with Crippen molar-refractivity contribution in [2.45, 2.75) is 53.2 Å². The van der Waals surface area contributed by atoms with Gasteiger partial charge in [-0.25, -0.2) is 0 Å². The molecule has 0 unspecified atom stereocenters. The van der Waals surface area contributed by atoms with Crippen molar-refractivity contribution >= 4 is 7.28 Å². The Bertz CT molecular complexity index is 152. The normalized spacial score (nSPS) is 9.00. The van der Waals surface area contributed by atoms with Crippen LogP contribution >= 0.6 is 0 Å². The van der Waals surface area contributed by atoms with Gasteiger partial charge in [0.25, 0.3) is 0 Å². The first-order chi connectivity index (χ1) is 6.62. The summed E-state index contributed by atoms with van der Waals surface area (Å²) in [6.45, 7) is 12.8. The van der Waals surface area contributed by atoms with Gasteiger partial charge in [-0.15, -0.1) is 10.2 Å². The van der Waals surface area contributed by atoms with Crippen LogP contribution in [0, 0.1) is 0 Å². The standard InChI is InChI=1S/C6H14B.C2H6.CH2N4/c1-5-6(2,3)7-4;1-2;1-2-4-5-3-1/h5H2,1-4H3;1-2H3;1H,(H,2,3,4,5). The molecule has 0 spiro atoms. The van der Waals surface area contributed by atoms with E-state index in [0.717, 1.165) is 0 Å². The molecule has 4 nitrogen and oxygen atoms in total. The first-order valence-corrected chi connectivity index (χ1v) is 5.09. The summed E-state index contributed by atoms with van der Waals surface area (Å²) < 4.78 is 0. The lowest BCUT2D eigenvalue weighted by Crippen LogP contribution is -2.06. The molecule has 0 fully saturated rings. The lowest BCUT2D eigenvalue weighted by Gasteiger charge is -2.17. The van der Waals surface area contributed by atoms with E-state index in [1.807, 2.05) is 13.8 Å². The second-order valence-corrected chi connectivity index (χ2v) is 3.19. The number of aromatic amines is 1. The molecule has 1 N–H and O–H groups in total. The zero-order valence-corrected chi connectivity index (χ0v) is 10.2. The monoisotopic (exact) mass is 197 g/mol. The number of H-pyrrole nitrogens is 1. The molecule has 0 aliphatic heterocycles. The van der Waals surface area contributed by atoms with E-state index in [1.165, 1.54) is 12.7 Å². The van der Waals surface area contributed by atoms with E-state index < -0.39 is 0 Å². The molecule has 1 aromatic heterocycles. The van der Waals surface area contributed by atoms with Crippen molar-refractivity contribution in [1.29, 1.82) is 0 Å². The minimum atomic E-state index is 0.458. The number of hydrogen-bond donors (Lipinski definition) is 1. The van der Waals surface area contributed by atoms with E-state index in [1.54, 1.807) is 0 Å². The minimum Gasteiger partial charge on any atom is -0.177 e. The van der Waals surface area contributed by atoms with Crippen LogP contribution < -0.4 is 0 Å². The third kappa shape index (κ3) is 11.1. The van der Waals surface area contributed by atoms with Gasteiger partial charge in [0.2, 0.25) is 0 Å². The zero-order valence-electron chi connectivity index (χ0n) is 10.2. The van der Waals surface area contributed by atoms with Crippen LogP contribution in [0.2, 0.25) is 12.1 Å². The fraction of sp³-hybridized carbons (Fsp3) is 0.889. The highest BCUT2D eigenvalue weighted by molar-refractivity contribution is 6.37. The largest absolute Gasteiger partial charge is 0.177 e. The van der Waals surface area contributed by atoms with Crippen molar-refractivity contribution in [3.63, 3.8) is 0 Å². The molecule has 0 aliphatic carbocycles. The van der Waals surface area contributed by atoms with Gasteiger partial charge in [0, 0.05) is 0 Å². The zero-order chi connectivity index (χ0) is 11.4. The van der Waals surface area contributed by atoms with Gasteiger partial charge in [-0.1, -0.05) is 58.4 Å². The van der Waals surface area contributed by atoms with Crippen LogP contribution in [0.4, 0.5) is 0 Å². The van der Waals surface area contributed by atoms with Crippen LogP contribution in [-0.2, 0) is 0 Å². The molecule has 1 heterocycles. The predicted molar refractivity (Wildman–Crippen MR) is 61.5 cm³/mol. The topological polar surface area (TPSA) is 54.5 Å². The lowest BCUT2D eigenvalue weighted by molar-refractivity contribution is 0.645. The van der Waals surface area contributed by atoms with Crippen molar-refractivity contribution in [3.05, 3.63) is 6.33 Å². The summed E-state index contributed by atoms with van der Waals surface area (Å²) >= 11 is 0. The quantitative estimate of drug-likeness (QED) is 0.741. The number of tetrazole rings is 1. The predicted octanol–water partition coefficient (Wildman–Crippen LogP) is 2.57. The van der Waals surface area contributed by atoms with Gasteiger partial charge in [-0.3, -0.25) is 0 Å². The molecular formula is C9H22BN4. The average Bonchev–Trinajstić information content (AvgIpc) is 2.79. The number of nitrogens with zero attached hydrogens (tertiary/aromatic N) is 3.